The molecule has 0 aliphatic carbocycles. The van der Waals surface area contributed by atoms with E-state index in [9.17, 15) is 8.42 Å². The highest BCUT2D eigenvalue weighted by atomic mass is 32.2. The maximum Gasteiger partial charge on any atom is 0.246 e. The van der Waals surface area contributed by atoms with Crippen molar-refractivity contribution in [2.75, 3.05) is 24.7 Å². The lowest BCUT2D eigenvalue weighted by Crippen LogP contribution is -2.25. The molecule has 0 bridgehead atoms. The van der Waals surface area contributed by atoms with Crippen LogP contribution in [0.5, 0.6) is 0 Å². The molecule has 0 heterocycles. The third kappa shape index (κ3) is 4.07. The van der Waals surface area contributed by atoms with Crippen LogP contribution >= 0.6 is 0 Å². The lowest BCUT2D eigenvalue weighted by molar-refractivity contribution is 0.496. The SMILES string of the molecule is CCN(C=NN(C)S(C)(=O)=O)c1ccccc1. The summed E-state index contributed by atoms with van der Waals surface area (Å²) in [6.07, 6.45) is 2.62. The summed E-state index contributed by atoms with van der Waals surface area (Å²) >= 11 is 0. The fourth-order valence-corrected chi connectivity index (χ4v) is 1.38. The molecule has 1 aromatic carbocycles. The topological polar surface area (TPSA) is 53.0 Å². The zero-order chi connectivity index (χ0) is 12.9. The molecule has 0 saturated carbocycles. The Bertz CT molecular complexity index is 471. The molecule has 1 rings (SSSR count). The van der Waals surface area contributed by atoms with Crippen LogP contribution in [0.1, 0.15) is 6.92 Å². The van der Waals surface area contributed by atoms with Gasteiger partial charge in [0.15, 0.2) is 0 Å². The number of hydrazone groups is 1. The second-order valence-electron chi connectivity index (χ2n) is 3.55. The van der Waals surface area contributed by atoms with Crippen LogP contribution in [0.15, 0.2) is 35.4 Å². The third-order valence-corrected chi connectivity index (χ3v) is 3.32. The highest BCUT2D eigenvalue weighted by molar-refractivity contribution is 7.88. The summed E-state index contributed by atoms with van der Waals surface area (Å²) in [4.78, 5) is 1.86. The quantitative estimate of drug-likeness (QED) is 0.453. The van der Waals surface area contributed by atoms with E-state index in [1.165, 1.54) is 13.4 Å². The molecule has 0 radical (unpaired) electrons. The molecular weight excluding hydrogens is 238 g/mol. The Morgan fingerprint density at radius 3 is 2.35 bits per heavy atom. The highest BCUT2D eigenvalue weighted by Crippen LogP contribution is 2.10. The van der Waals surface area contributed by atoms with Crippen LogP contribution in [0.25, 0.3) is 0 Å². The summed E-state index contributed by atoms with van der Waals surface area (Å²) in [5.74, 6) is 0. The number of para-hydroxylation sites is 1. The molecule has 1 aromatic rings. The van der Waals surface area contributed by atoms with Crippen molar-refractivity contribution < 1.29 is 8.42 Å². The molecule has 0 unspecified atom stereocenters. The zero-order valence-corrected chi connectivity index (χ0v) is 11.1. The standard InChI is InChI=1S/C11H17N3O2S/c1-4-14(11-8-6-5-7-9-11)10-12-13(2)17(3,15)16/h5-10H,4H2,1-3H3. The summed E-state index contributed by atoms with van der Waals surface area (Å²) < 4.78 is 23.3. The van der Waals surface area contributed by atoms with Gasteiger partial charge in [0, 0.05) is 19.3 Å². The first-order valence-corrected chi connectivity index (χ1v) is 7.09. The minimum atomic E-state index is -3.28. The fraction of sp³-hybridized carbons (Fsp3) is 0.364. The van der Waals surface area contributed by atoms with Gasteiger partial charge in [-0.3, -0.25) is 0 Å². The molecule has 6 heteroatoms. The van der Waals surface area contributed by atoms with Crippen molar-refractivity contribution in [3.63, 3.8) is 0 Å². The predicted octanol–water partition coefficient (Wildman–Crippen LogP) is 1.35. The molecule has 0 aliphatic rings. The molecule has 0 atom stereocenters. The van der Waals surface area contributed by atoms with Gasteiger partial charge in [0.05, 0.1) is 6.26 Å². The van der Waals surface area contributed by atoms with E-state index in [4.69, 9.17) is 0 Å². The van der Waals surface area contributed by atoms with E-state index in [1.807, 2.05) is 42.2 Å². The summed E-state index contributed by atoms with van der Waals surface area (Å²) in [7, 11) is -1.87. The van der Waals surface area contributed by atoms with Crippen molar-refractivity contribution in [3.05, 3.63) is 30.3 Å². The van der Waals surface area contributed by atoms with E-state index in [-0.39, 0.29) is 0 Å². The van der Waals surface area contributed by atoms with Crippen LogP contribution in [-0.2, 0) is 10.0 Å². The maximum atomic E-state index is 11.2. The van der Waals surface area contributed by atoms with Crippen LogP contribution in [-0.4, -0.2) is 39.0 Å². The van der Waals surface area contributed by atoms with Crippen molar-refractivity contribution in [2.45, 2.75) is 6.92 Å². The lowest BCUT2D eigenvalue weighted by Gasteiger charge is -2.18. The van der Waals surface area contributed by atoms with E-state index >= 15 is 0 Å². The number of hydrogen-bond acceptors (Lipinski definition) is 3. The minimum absolute atomic E-state index is 0.713. The Morgan fingerprint density at radius 2 is 1.88 bits per heavy atom. The van der Waals surface area contributed by atoms with E-state index < -0.39 is 10.0 Å². The summed E-state index contributed by atoms with van der Waals surface area (Å²) in [5.41, 5.74) is 0.973. The number of nitrogens with zero attached hydrogens (tertiary/aromatic N) is 3. The Morgan fingerprint density at radius 1 is 1.29 bits per heavy atom. The Kier molecular flexibility index (Phi) is 4.51. The van der Waals surface area contributed by atoms with E-state index in [0.717, 1.165) is 16.4 Å². The Balaban J connectivity index is 2.82. The van der Waals surface area contributed by atoms with Crippen molar-refractivity contribution in [3.8, 4) is 0 Å². The summed E-state index contributed by atoms with van der Waals surface area (Å²) in [5, 5.41) is 3.89. The number of benzene rings is 1. The molecule has 0 spiro atoms. The highest BCUT2D eigenvalue weighted by Gasteiger charge is 2.07. The van der Waals surface area contributed by atoms with Crippen molar-refractivity contribution >= 4 is 22.0 Å². The molecule has 0 amide bonds. The second kappa shape index (κ2) is 5.67. The molecule has 17 heavy (non-hydrogen) atoms. The first-order valence-electron chi connectivity index (χ1n) is 5.25. The van der Waals surface area contributed by atoms with E-state index in [2.05, 4.69) is 5.10 Å². The van der Waals surface area contributed by atoms with Crippen LogP contribution in [0, 0.1) is 0 Å². The number of rotatable bonds is 5. The van der Waals surface area contributed by atoms with Gasteiger partial charge in [-0.05, 0) is 19.1 Å². The Hall–Kier alpha value is -1.56. The van der Waals surface area contributed by atoms with E-state index in [1.54, 1.807) is 0 Å². The predicted molar refractivity (Wildman–Crippen MR) is 70.6 cm³/mol. The fourth-order valence-electron chi connectivity index (χ4n) is 1.17. The molecule has 94 valence electrons. The molecule has 0 fully saturated rings. The second-order valence-corrected chi connectivity index (χ2v) is 5.54. The van der Waals surface area contributed by atoms with Crippen molar-refractivity contribution in [1.29, 1.82) is 0 Å². The average Bonchev–Trinajstić information content (AvgIpc) is 2.29. The van der Waals surface area contributed by atoms with Gasteiger partial charge in [0.25, 0.3) is 0 Å². The summed E-state index contributed by atoms with van der Waals surface area (Å²) in [6, 6.07) is 9.65. The smallest absolute Gasteiger partial charge is 0.246 e. The number of anilines is 1. The Labute approximate surface area is 102 Å². The number of hydrogen-bond donors (Lipinski definition) is 0. The first kappa shape index (κ1) is 13.5. The monoisotopic (exact) mass is 255 g/mol. The van der Waals surface area contributed by atoms with Crippen LogP contribution < -0.4 is 4.90 Å². The first-order chi connectivity index (χ1) is 7.95. The van der Waals surface area contributed by atoms with Gasteiger partial charge >= 0.3 is 0 Å². The summed E-state index contributed by atoms with van der Waals surface area (Å²) in [6.45, 7) is 2.69. The molecule has 5 nitrogen and oxygen atoms in total. The van der Waals surface area contributed by atoms with Crippen molar-refractivity contribution in [2.24, 2.45) is 5.10 Å². The molecule has 0 saturated heterocycles. The zero-order valence-electron chi connectivity index (χ0n) is 10.2. The van der Waals surface area contributed by atoms with Gasteiger partial charge in [0.1, 0.15) is 6.34 Å². The third-order valence-electron chi connectivity index (χ3n) is 2.26. The largest absolute Gasteiger partial charge is 0.331 e. The van der Waals surface area contributed by atoms with E-state index in [0.29, 0.717) is 6.54 Å². The van der Waals surface area contributed by atoms with Crippen LogP contribution in [0.2, 0.25) is 0 Å². The van der Waals surface area contributed by atoms with Gasteiger partial charge in [-0.15, -0.1) is 0 Å². The van der Waals surface area contributed by atoms with Crippen molar-refractivity contribution in [1.82, 2.24) is 4.41 Å². The molecule has 0 aliphatic heterocycles. The van der Waals surface area contributed by atoms with Crippen LogP contribution in [0.3, 0.4) is 0 Å². The van der Waals surface area contributed by atoms with Crippen LogP contribution in [0.4, 0.5) is 5.69 Å². The van der Waals surface area contributed by atoms with Gasteiger partial charge in [0.2, 0.25) is 10.0 Å². The van der Waals surface area contributed by atoms with Gasteiger partial charge in [-0.25, -0.2) is 8.42 Å². The normalized spacial score (nSPS) is 11.7. The average molecular weight is 255 g/mol. The molecule has 0 aromatic heterocycles. The molecular formula is C11H17N3O2S. The minimum Gasteiger partial charge on any atom is -0.331 e. The lowest BCUT2D eigenvalue weighted by atomic mass is 10.3. The maximum absolute atomic E-state index is 11.2. The van der Waals surface area contributed by atoms with Gasteiger partial charge in [-0.1, -0.05) is 18.2 Å². The number of sulfonamides is 1. The van der Waals surface area contributed by atoms with Gasteiger partial charge in [-0.2, -0.15) is 9.52 Å². The van der Waals surface area contributed by atoms with Gasteiger partial charge < -0.3 is 4.90 Å². The molecule has 0 N–H and O–H groups in total.